The van der Waals surface area contributed by atoms with E-state index >= 15 is 0 Å². The fraction of sp³-hybridized carbons (Fsp3) is 0.552. The van der Waals surface area contributed by atoms with Crippen LogP contribution >= 0.6 is 0 Å². The van der Waals surface area contributed by atoms with E-state index < -0.39 is 41.1 Å². The molecule has 1 unspecified atom stereocenters. The molecule has 1 aromatic rings. The van der Waals surface area contributed by atoms with E-state index in [4.69, 9.17) is 9.47 Å². The summed E-state index contributed by atoms with van der Waals surface area (Å²) in [6, 6.07) is 4.28. The first kappa shape index (κ1) is 25.7. The van der Waals surface area contributed by atoms with Gasteiger partial charge in [-0.15, -0.1) is 0 Å². The van der Waals surface area contributed by atoms with Crippen LogP contribution in [0.5, 0.6) is 0 Å². The Kier molecular flexibility index (Phi) is 6.31. The fourth-order valence-electron chi connectivity index (χ4n) is 6.74. The number of cyclic esters (lactones) is 1. The molecule has 4 aliphatic heterocycles. The number of rotatable bonds is 5. The third kappa shape index (κ3) is 3.60. The summed E-state index contributed by atoms with van der Waals surface area (Å²) in [5.41, 5.74) is 0.284. The summed E-state index contributed by atoms with van der Waals surface area (Å²) in [6.07, 6.45) is 7.73. The Balaban J connectivity index is 1.72. The maximum absolute atomic E-state index is 14.6. The molecule has 0 aliphatic carbocycles. The lowest BCUT2D eigenvalue weighted by atomic mass is 9.73. The van der Waals surface area contributed by atoms with Gasteiger partial charge in [-0.05, 0) is 49.5 Å². The molecule has 8 nitrogen and oxygen atoms in total. The SMILES string of the molecule is CC[C@]12C=CCOC(=O)[C@H]1[C@H]1C(=O)N([C@@H](CO)C(C)C)C3C(=O)N(c4cc(C)ccc4C)CC=C[C@@]31O2. The average Bonchev–Trinajstić information content (AvgIpc) is 3.13. The van der Waals surface area contributed by atoms with E-state index in [9.17, 15) is 19.5 Å². The highest BCUT2D eigenvalue weighted by Crippen LogP contribution is 2.59. The topological polar surface area (TPSA) is 96.4 Å². The first-order valence-corrected chi connectivity index (χ1v) is 13.2. The van der Waals surface area contributed by atoms with Crippen LogP contribution in [-0.2, 0) is 23.9 Å². The maximum atomic E-state index is 14.6. The Morgan fingerprint density at radius 2 is 1.84 bits per heavy atom. The standard InChI is InChI=1S/C29H36N2O6/c1-6-28-11-8-14-36-27(35)23(28)22-25(33)31(21(16-32)17(2)3)24-26(34)30(13-7-12-29(22,24)37-28)20-15-18(4)9-10-19(20)5/h7-12,15,17,21-24,32H,6,13-14,16H2,1-5H3/t21-,22-,23+,24?,28-,29-/m0/s1. The lowest BCUT2D eigenvalue weighted by Crippen LogP contribution is -2.60. The van der Waals surface area contributed by atoms with Crippen LogP contribution in [0.1, 0.15) is 38.3 Å². The van der Waals surface area contributed by atoms with Gasteiger partial charge in [-0.1, -0.05) is 51.1 Å². The lowest BCUT2D eigenvalue weighted by Gasteiger charge is -2.41. The number of ether oxygens (including phenoxy) is 2. The van der Waals surface area contributed by atoms with Gasteiger partial charge in [0.25, 0.3) is 5.91 Å². The van der Waals surface area contributed by atoms with Crippen LogP contribution in [-0.4, -0.2) is 70.8 Å². The Hall–Kier alpha value is -2.97. The number of amides is 2. The van der Waals surface area contributed by atoms with E-state index in [2.05, 4.69) is 0 Å². The molecule has 2 amide bonds. The number of carbonyl (C=O) groups is 3. The van der Waals surface area contributed by atoms with E-state index in [0.29, 0.717) is 13.0 Å². The number of nitrogens with zero attached hydrogens (tertiary/aromatic N) is 2. The van der Waals surface area contributed by atoms with Crippen LogP contribution in [0.2, 0.25) is 0 Å². The molecule has 1 spiro atoms. The van der Waals surface area contributed by atoms with E-state index in [0.717, 1.165) is 16.8 Å². The number of esters is 1. The van der Waals surface area contributed by atoms with Gasteiger partial charge < -0.3 is 24.4 Å². The minimum absolute atomic E-state index is 0.113. The number of hydrogen-bond acceptors (Lipinski definition) is 6. The van der Waals surface area contributed by atoms with Crippen LogP contribution in [0.25, 0.3) is 0 Å². The number of likely N-dealkylation sites (tertiary alicyclic amines) is 1. The van der Waals surface area contributed by atoms with Crippen molar-refractivity contribution in [2.75, 3.05) is 24.7 Å². The monoisotopic (exact) mass is 508 g/mol. The molecule has 0 radical (unpaired) electrons. The van der Waals surface area contributed by atoms with Gasteiger partial charge in [0, 0.05) is 12.2 Å². The van der Waals surface area contributed by atoms with Crippen molar-refractivity contribution in [3.63, 3.8) is 0 Å². The number of aliphatic hydroxyl groups excluding tert-OH is 1. The van der Waals surface area contributed by atoms with Gasteiger partial charge in [0.1, 0.15) is 29.8 Å². The Bertz CT molecular complexity index is 1190. The second-order valence-electron chi connectivity index (χ2n) is 11.0. The van der Waals surface area contributed by atoms with Crippen LogP contribution in [0.4, 0.5) is 5.69 Å². The number of aliphatic hydroxyl groups is 1. The van der Waals surface area contributed by atoms with Gasteiger partial charge in [-0.2, -0.15) is 0 Å². The second-order valence-corrected chi connectivity index (χ2v) is 11.0. The first-order chi connectivity index (χ1) is 17.6. The van der Waals surface area contributed by atoms with Crippen molar-refractivity contribution < 1.29 is 29.0 Å². The van der Waals surface area contributed by atoms with Crippen molar-refractivity contribution in [1.82, 2.24) is 4.90 Å². The predicted molar refractivity (Wildman–Crippen MR) is 138 cm³/mol. The molecule has 2 fully saturated rings. The average molecular weight is 509 g/mol. The number of fused-ring (bicyclic) bond motifs is 2. The predicted octanol–water partition coefficient (Wildman–Crippen LogP) is 2.70. The van der Waals surface area contributed by atoms with Gasteiger partial charge in [-0.3, -0.25) is 14.4 Å². The number of hydrogen-bond donors (Lipinski definition) is 1. The Morgan fingerprint density at radius 1 is 1.08 bits per heavy atom. The summed E-state index contributed by atoms with van der Waals surface area (Å²) in [6.45, 7) is 9.77. The minimum atomic E-state index is -1.37. The number of anilines is 1. The summed E-state index contributed by atoms with van der Waals surface area (Å²) in [4.78, 5) is 45.5. The molecule has 4 heterocycles. The van der Waals surface area contributed by atoms with Crippen molar-refractivity contribution in [1.29, 1.82) is 0 Å². The molecule has 198 valence electrons. The molecule has 0 bridgehead atoms. The van der Waals surface area contributed by atoms with Gasteiger partial charge in [0.15, 0.2) is 0 Å². The van der Waals surface area contributed by atoms with E-state index in [1.165, 1.54) is 4.90 Å². The summed E-state index contributed by atoms with van der Waals surface area (Å²) in [7, 11) is 0. The molecule has 4 aliphatic rings. The molecule has 2 saturated heterocycles. The summed E-state index contributed by atoms with van der Waals surface area (Å²) < 4.78 is 12.3. The normalized spacial score (nSPS) is 33.7. The molecular weight excluding hydrogens is 472 g/mol. The molecular formula is C29H36N2O6. The van der Waals surface area contributed by atoms with Crippen molar-refractivity contribution in [2.45, 2.75) is 64.3 Å². The second kappa shape index (κ2) is 9.10. The zero-order valence-corrected chi connectivity index (χ0v) is 22.1. The van der Waals surface area contributed by atoms with Gasteiger partial charge in [0.05, 0.1) is 18.6 Å². The zero-order chi connectivity index (χ0) is 26.7. The highest BCUT2D eigenvalue weighted by atomic mass is 16.6. The zero-order valence-electron chi connectivity index (χ0n) is 22.1. The molecule has 6 atom stereocenters. The van der Waals surface area contributed by atoms with Crippen molar-refractivity contribution in [3.05, 3.63) is 53.6 Å². The largest absolute Gasteiger partial charge is 0.461 e. The lowest BCUT2D eigenvalue weighted by molar-refractivity contribution is -0.159. The molecule has 5 rings (SSSR count). The molecule has 1 N–H and O–H groups in total. The van der Waals surface area contributed by atoms with Gasteiger partial charge in [-0.25, -0.2) is 0 Å². The van der Waals surface area contributed by atoms with Crippen LogP contribution in [0.3, 0.4) is 0 Å². The van der Waals surface area contributed by atoms with Gasteiger partial charge >= 0.3 is 5.97 Å². The van der Waals surface area contributed by atoms with Crippen molar-refractivity contribution >= 4 is 23.5 Å². The molecule has 37 heavy (non-hydrogen) atoms. The van der Waals surface area contributed by atoms with E-state index in [1.54, 1.807) is 11.0 Å². The molecule has 8 heteroatoms. The first-order valence-electron chi connectivity index (χ1n) is 13.2. The highest BCUT2D eigenvalue weighted by Gasteiger charge is 2.76. The summed E-state index contributed by atoms with van der Waals surface area (Å²) in [5.74, 6) is -3.10. The summed E-state index contributed by atoms with van der Waals surface area (Å²) in [5, 5.41) is 10.4. The molecule has 0 aromatic heterocycles. The van der Waals surface area contributed by atoms with E-state index in [-0.39, 0.29) is 30.9 Å². The fourth-order valence-corrected chi connectivity index (χ4v) is 6.74. The quantitative estimate of drug-likeness (QED) is 0.485. The van der Waals surface area contributed by atoms with Crippen LogP contribution in [0, 0.1) is 31.6 Å². The maximum Gasteiger partial charge on any atom is 0.313 e. The Labute approximate surface area is 217 Å². The smallest absolute Gasteiger partial charge is 0.313 e. The van der Waals surface area contributed by atoms with E-state index in [1.807, 2.05) is 71.0 Å². The number of benzene rings is 1. The minimum Gasteiger partial charge on any atom is -0.461 e. The molecule has 0 saturated carbocycles. The Morgan fingerprint density at radius 3 is 2.51 bits per heavy atom. The van der Waals surface area contributed by atoms with Crippen molar-refractivity contribution in [2.24, 2.45) is 17.8 Å². The molecule has 1 aromatic carbocycles. The number of aryl methyl sites for hydroxylation is 2. The third-order valence-corrected chi connectivity index (χ3v) is 8.60. The van der Waals surface area contributed by atoms with Gasteiger partial charge in [0.2, 0.25) is 5.91 Å². The third-order valence-electron chi connectivity index (χ3n) is 8.60. The highest BCUT2D eigenvalue weighted by molar-refractivity contribution is 6.06. The number of carbonyl (C=O) groups excluding carboxylic acids is 3. The van der Waals surface area contributed by atoms with Crippen LogP contribution < -0.4 is 4.90 Å². The summed E-state index contributed by atoms with van der Waals surface area (Å²) >= 11 is 0. The van der Waals surface area contributed by atoms with Crippen molar-refractivity contribution in [3.8, 4) is 0 Å². The van der Waals surface area contributed by atoms with Crippen LogP contribution in [0.15, 0.2) is 42.5 Å².